The Morgan fingerprint density at radius 1 is 0.869 bits per heavy atom. The molecule has 2 aromatic carbocycles. The molecule has 0 aromatic heterocycles. The maximum atomic E-state index is 14.8. The van der Waals surface area contributed by atoms with Crippen LogP contribution in [0.15, 0.2) is 77.9 Å². The van der Waals surface area contributed by atoms with Gasteiger partial charge in [-0.25, -0.2) is 4.79 Å². The fourth-order valence-electron chi connectivity index (χ4n) is 7.94. The van der Waals surface area contributed by atoms with Crippen molar-refractivity contribution in [2.75, 3.05) is 21.2 Å². The summed E-state index contributed by atoms with van der Waals surface area (Å²) in [7, 11) is 4.40. The van der Waals surface area contributed by atoms with E-state index in [0.717, 1.165) is 0 Å². The van der Waals surface area contributed by atoms with Crippen molar-refractivity contribution >= 4 is 35.2 Å². The number of esters is 2. The Balaban J connectivity index is 1.72. The number of ether oxygens (including phenoxy) is 5. The van der Waals surface area contributed by atoms with Crippen LogP contribution in [-0.4, -0.2) is 102 Å². The lowest BCUT2D eigenvalue weighted by Gasteiger charge is -2.38. The molecule has 0 fully saturated rings. The summed E-state index contributed by atoms with van der Waals surface area (Å²) in [6.45, 7) is 12.3. The zero-order chi connectivity index (χ0) is 45.2. The van der Waals surface area contributed by atoms with Gasteiger partial charge in [-0.3, -0.25) is 24.0 Å². The molecule has 326 valence electrons. The van der Waals surface area contributed by atoms with Gasteiger partial charge in [0.2, 0.25) is 11.6 Å². The average molecular weight is 843 g/mol. The van der Waals surface area contributed by atoms with Crippen molar-refractivity contribution in [3.8, 4) is 11.5 Å². The quantitative estimate of drug-likeness (QED) is 0.267. The first-order valence-corrected chi connectivity index (χ1v) is 20.0. The van der Waals surface area contributed by atoms with E-state index in [0.29, 0.717) is 0 Å². The van der Waals surface area contributed by atoms with E-state index in [4.69, 9.17) is 23.7 Å². The first-order valence-electron chi connectivity index (χ1n) is 20.0. The molecule has 3 heterocycles. The number of Topliss-reactive ketones (excluding diaryl/α,β-unsaturated/α-hetero) is 3. The molecule has 0 spiro atoms. The first kappa shape index (κ1) is 46.2. The van der Waals surface area contributed by atoms with Crippen LogP contribution in [0.3, 0.4) is 0 Å². The number of fused-ring (bicyclic) bond motifs is 14. The van der Waals surface area contributed by atoms with Gasteiger partial charge in [0.05, 0.1) is 46.8 Å². The molecule has 1 aliphatic carbocycles. The number of methoxy groups -OCH3 is 1. The molecule has 1 amide bonds. The molecular formula is C46H54N2O13. The number of rotatable bonds is 5. The number of aliphatic hydroxyl groups excluding tert-OH is 2. The third kappa shape index (κ3) is 8.95. The van der Waals surface area contributed by atoms with Gasteiger partial charge in [0.25, 0.3) is 11.7 Å². The van der Waals surface area contributed by atoms with Crippen LogP contribution in [0.1, 0.15) is 95.5 Å². The van der Waals surface area contributed by atoms with Crippen LogP contribution < -0.4 is 14.8 Å². The molecule has 0 radical (unpaired) electrons. The molecule has 9 atom stereocenters. The second-order valence-corrected chi connectivity index (χ2v) is 16.1. The fourth-order valence-corrected chi connectivity index (χ4v) is 7.94. The SMILES string of the molecule is COC1C=COC2(C)Oc3c(C)c(OC(=O)c4ccccc4)c4c(c3C2=O)C(=O)C(N(C)C)=C(NC(=O)C(C)=CC=CC(C)C(O)C(C)C(O)C(C)C(OC(C)=O)C1C)C4=O. The summed E-state index contributed by atoms with van der Waals surface area (Å²) in [5, 5.41) is 25.5. The fraction of sp³-hybridized carbons (Fsp3) is 0.435. The summed E-state index contributed by atoms with van der Waals surface area (Å²) in [6.07, 6.45) is 3.28. The van der Waals surface area contributed by atoms with E-state index in [9.17, 15) is 39.0 Å². The van der Waals surface area contributed by atoms with Crippen LogP contribution in [-0.2, 0) is 23.8 Å². The monoisotopic (exact) mass is 842 g/mol. The maximum Gasteiger partial charge on any atom is 0.343 e. The Labute approximate surface area is 355 Å². The minimum absolute atomic E-state index is 0.0280. The molecule has 0 saturated heterocycles. The average Bonchev–Trinajstić information content (AvgIpc) is 3.48. The molecule has 61 heavy (non-hydrogen) atoms. The maximum absolute atomic E-state index is 14.8. The lowest BCUT2D eigenvalue weighted by atomic mass is 9.78. The third-order valence-corrected chi connectivity index (χ3v) is 11.6. The Hall–Kier alpha value is -5.90. The molecule has 15 nitrogen and oxygen atoms in total. The summed E-state index contributed by atoms with van der Waals surface area (Å²) in [5.74, 6) is -10.1. The van der Waals surface area contributed by atoms with Gasteiger partial charge >= 0.3 is 17.7 Å². The smallest absolute Gasteiger partial charge is 0.343 e. The van der Waals surface area contributed by atoms with Crippen LogP contribution >= 0.6 is 0 Å². The number of nitrogens with one attached hydrogen (secondary N) is 1. The molecule has 9 unspecified atom stereocenters. The Bertz CT molecular complexity index is 2240. The van der Waals surface area contributed by atoms with E-state index in [1.807, 2.05) is 0 Å². The molecule has 3 N–H and O–H groups in total. The summed E-state index contributed by atoms with van der Waals surface area (Å²) in [5.41, 5.74) is -1.54. The molecule has 15 heteroatoms. The van der Waals surface area contributed by atoms with Gasteiger partial charge in [-0.2, -0.15) is 0 Å². The minimum Gasteiger partial charge on any atom is -0.462 e. The number of nitrogens with zero attached hydrogens (tertiary/aromatic N) is 1. The molecular weight excluding hydrogens is 789 g/mol. The number of benzene rings is 2. The van der Waals surface area contributed by atoms with Gasteiger partial charge < -0.3 is 44.1 Å². The van der Waals surface area contributed by atoms with Crippen molar-refractivity contribution in [1.29, 1.82) is 0 Å². The zero-order valence-corrected chi connectivity index (χ0v) is 36.2. The third-order valence-electron chi connectivity index (χ3n) is 11.6. The van der Waals surface area contributed by atoms with Crippen LogP contribution in [0, 0.1) is 30.6 Å². The van der Waals surface area contributed by atoms with Crippen molar-refractivity contribution in [2.45, 2.75) is 85.6 Å². The van der Waals surface area contributed by atoms with Gasteiger partial charge in [-0.15, -0.1) is 0 Å². The largest absolute Gasteiger partial charge is 0.462 e. The molecule has 5 bridgehead atoms. The zero-order valence-electron chi connectivity index (χ0n) is 36.2. The minimum atomic E-state index is -2.13. The van der Waals surface area contributed by atoms with Crippen LogP contribution in [0.2, 0.25) is 0 Å². The van der Waals surface area contributed by atoms with Crippen molar-refractivity contribution in [1.82, 2.24) is 10.2 Å². The predicted octanol–water partition coefficient (Wildman–Crippen LogP) is 5.03. The summed E-state index contributed by atoms with van der Waals surface area (Å²) >= 11 is 0. The first-order chi connectivity index (χ1) is 28.7. The van der Waals surface area contributed by atoms with E-state index >= 15 is 0 Å². The Morgan fingerprint density at radius 3 is 2.13 bits per heavy atom. The number of likely N-dealkylation sites (N-methyl/N-ethyl adjacent to an activating group) is 1. The molecule has 2 aromatic rings. The van der Waals surface area contributed by atoms with Crippen LogP contribution in [0.25, 0.3) is 0 Å². The summed E-state index contributed by atoms with van der Waals surface area (Å²) in [4.78, 5) is 85.2. The van der Waals surface area contributed by atoms with Gasteiger partial charge in [0.15, 0.2) is 0 Å². The number of ketones is 3. The number of allylic oxidation sites excluding steroid dienone is 4. The van der Waals surface area contributed by atoms with Crippen LogP contribution in [0.4, 0.5) is 0 Å². The van der Waals surface area contributed by atoms with Crippen molar-refractivity contribution in [3.63, 3.8) is 0 Å². The number of hydrogen-bond acceptors (Lipinski definition) is 14. The molecule has 6 rings (SSSR count). The second-order valence-electron chi connectivity index (χ2n) is 16.1. The van der Waals surface area contributed by atoms with Gasteiger partial charge in [-0.1, -0.05) is 64.1 Å². The highest BCUT2D eigenvalue weighted by Crippen LogP contribution is 2.49. The Kier molecular flexibility index (Phi) is 13.9. The molecule has 3 aliphatic heterocycles. The van der Waals surface area contributed by atoms with Gasteiger partial charge in [0.1, 0.15) is 29.0 Å². The number of carbonyl (C=O) groups excluding carboxylic acids is 6. The van der Waals surface area contributed by atoms with E-state index in [-0.39, 0.29) is 39.5 Å². The van der Waals surface area contributed by atoms with Crippen molar-refractivity contribution < 1.29 is 62.7 Å². The highest BCUT2D eigenvalue weighted by molar-refractivity contribution is 6.32. The number of hydrogen-bond donors (Lipinski definition) is 3. The Morgan fingerprint density at radius 2 is 1.52 bits per heavy atom. The molecule has 0 saturated carbocycles. The van der Waals surface area contributed by atoms with Crippen molar-refractivity contribution in [3.05, 3.63) is 106 Å². The van der Waals surface area contributed by atoms with Gasteiger partial charge in [-0.05, 0) is 32.1 Å². The van der Waals surface area contributed by atoms with E-state index in [1.165, 1.54) is 84.3 Å². The van der Waals surface area contributed by atoms with E-state index in [1.54, 1.807) is 58.0 Å². The van der Waals surface area contributed by atoms with Gasteiger partial charge in [0, 0.05) is 69.9 Å². The molecule has 4 aliphatic rings. The van der Waals surface area contributed by atoms with E-state index < -0.39 is 106 Å². The lowest BCUT2D eigenvalue weighted by Crippen LogP contribution is -2.46. The highest BCUT2D eigenvalue weighted by Gasteiger charge is 2.53. The van der Waals surface area contributed by atoms with E-state index in [2.05, 4.69) is 5.32 Å². The topological polar surface area (TPSA) is 204 Å². The number of carbonyl (C=O) groups is 6. The lowest BCUT2D eigenvalue weighted by molar-refractivity contribution is -0.160. The summed E-state index contributed by atoms with van der Waals surface area (Å²) in [6, 6.07) is 7.93. The number of aliphatic hydroxyl groups is 2. The number of amides is 1. The van der Waals surface area contributed by atoms with Crippen molar-refractivity contribution in [2.24, 2.45) is 23.7 Å². The standard InChI is InChI=1S/C46H54N2O13/c1-22-16-15-17-23(2)44(55)47-34-35(48(9)10)39(53)31-32(38(34)52)41(60-45(56)29-18-13-12-14-19-29)27(6)42-33(31)43(54)46(8,61-42)58-21-20-30(57-11)24(3)40(59-28(7)49)26(5)37(51)25(4)36(22)50/h12-22,24-26,30,36-37,40,50-51H,1-11H3,(H,47,55). The highest BCUT2D eigenvalue weighted by atomic mass is 16.7. The second kappa shape index (κ2) is 18.4. The normalized spacial score (nSPS) is 28.4. The summed E-state index contributed by atoms with van der Waals surface area (Å²) < 4.78 is 29.6. The predicted molar refractivity (Wildman–Crippen MR) is 222 cm³/mol. The van der Waals surface area contributed by atoms with Crippen LogP contribution in [0.5, 0.6) is 11.5 Å².